The lowest BCUT2D eigenvalue weighted by atomic mass is 10.1. The number of hydrazone groups is 1. The van der Waals surface area contributed by atoms with E-state index in [2.05, 4.69) is 31.8 Å². The minimum Gasteiger partial charge on any atom is -0.497 e. The van der Waals surface area contributed by atoms with Crippen molar-refractivity contribution in [3.05, 3.63) is 87.9 Å². The molecule has 0 saturated carbocycles. The monoisotopic (exact) mass is 509 g/mol. The van der Waals surface area contributed by atoms with Crippen molar-refractivity contribution in [3.8, 4) is 11.5 Å². The van der Waals surface area contributed by atoms with E-state index < -0.39 is 17.8 Å². The molecule has 3 aromatic rings. The van der Waals surface area contributed by atoms with Crippen LogP contribution in [0.2, 0.25) is 0 Å². The van der Waals surface area contributed by atoms with Crippen molar-refractivity contribution >= 4 is 45.6 Å². The van der Waals surface area contributed by atoms with Crippen molar-refractivity contribution in [2.24, 2.45) is 5.10 Å². The number of benzene rings is 3. The molecule has 0 heterocycles. The van der Waals surface area contributed by atoms with Gasteiger partial charge in [0.15, 0.2) is 0 Å². The van der Waals surface area contributed by atoms with E-state index >= 15 is 0 Å². The summed E-state index contributed by atoms with van der Waals surface area (Å²) in [7, 11) is 1.50. The minimum atomic E-state index is -0.970. The van der Waals surface area contributed by atoms with Crippen LogP contribution in [-0.4, -0.2) is 31.1 Å². The van der Waals surface area contributed by atoms with Gasteiger partial charge in [0, 0.05) is 21.8 Å². The number of methoxy groups -OCH3 is 1. The third-order valence-electron chi connectivity index (χ3n) is 4.33. The van der Waals surface area contributed by atoms with Crippen molar-refractivity contribution < 1.29 is 23.9 Å². The average molecular weight is 510 g/mol. The number of rotatable bonds is 6. The van der Waals surface area contributed by atoms with E-state index in [1.807, 2.05) is 13.0 Å². The van der Waals surface area contributed by atoms with E-state index in [9.17, 15) is 14.4 Å². The standard InChI is InChI=1S/C24H20BrN3O5/c1-15-5-3-6-16(11-15)24(31)33-21-10-9-18(25)12-17(21)14-26-28-23(30)22(29)27-19-7-4-8-20(13-19)32-2/h3-14H,1-2H3,(H,27,29)(H,28,30)/b26-14+. The normalized spacial score (nSPS) is 10.5. The molecule has 2 N–H and O–H groups in total. The number of nitrogens with one attached hydrogen (secondary N) is 2. The highest BCUT2D eigenvalue weighted by Gasteiger charge is 2.14. The lowest BCUT2D eigenvalue weighted by Gasteiger charge is -2.08. The fraction of sp³-hybridized carbons (Fsp3) is 0.0833. The first-order valence-electron chi connectivity index (χ1n) is 9.72. The lowest BCUT2D eigenvalue weighted by molar-refractivity contribution is -0.136. The zero-order valence-electron chi connectivity index (χ0n) is 17.8. The summed E-state index contributed by atoms with van der Waals surface area (Å²) in [5.74, 6) is -1.63. The van der Waals surface area contributed by atoms with E-state index in [1.54, 1.807) is 60.7 Å². The van der Waals surface area contributed by atoms with E-state index in [-0.39, 0.29) is 5.75 Å². The van der Waals surface area contributed by atoms with Crippen LogP contribution in [0.1, 0.15) is 21.5 Å². The summed E-state index contributed by atoms with van der Waals surface area (Å²) in [5.41, 5.74) is 4.30. The van der Waals surface area contributed by atoms with Crippen LogP contribution in [0.25, 0.3) is 0 Å². The zero-order valence-corrected chi connectivity index (χ0v) is 19.4. The van der Waals surface area contributed by atoms with Crippen LogP contribution in [-0.2, 0) is 9.59 Å². The number of carbonyl (C=O) groups excluding carboxylic acids is 3. The fourth-order valence-electron chi connectivity index (χ4n) is 2.74. The molecule has 0 aliphatic rings. The molecule has 0 spiro atoms. The number of amides is 2. The molecular formula is C24H20BrN3O5. The Morgan fingerprint density at radius 2 is 1.76 bits per heavy atom. The van der Waals surface area contributed by atoms with Crippen molar-refractivity contribution in [2.45, 2.75) is 6.92 Å². The average Bonchev–Trinajstić information content (AvgIpc) is 2.80. The highest BCUT2D eigenvalue weighted by molar-refractivity contribution is 9.10. The Balaban J connectivity index is 1.66. The molecule has 0 unspecified atom stereocenters. The fourth-order valence-corrected chi connectivity index (χ4v) is 3.12. The molecule has 2 amide bonds. The zero-order chi connectivity index (χ0) is 23.8. The van der Waals surface area contributed by atoms with Gasteiger partial charge in [0.1, 0.15) is 11.5 Å². The second-order valence-electron chi connectivity index (χ2n) is 6.83. The Labute approximate surface area is 198 Å². The predicted octanol–water partition coefficient (Wildman–Crippen LogP) is 4.07. The number of aryl methyl sites for hydroxylation is 1. The number of nitrogens with zero attached hydrogens (tertiary/aromatic N) is 1. The number of anilines is 1. The Kier molecular flexibility index (Phi) is 7.93. The number of hydrogen-bond acceptors (Lipinski definition) is 6. The quantitative estimate of drug-likeness (QED) is 0.171. The summed E-state index contributed by atoms with van der Waals surface area (Å²) in [6.45, 7) is 1.88. The van der Waals surface area contributed by atoms with Gasteiger partial charge in [-0.2, -0.15) is 5.10 Å². The van der Waals surface area contributed by atoms with E-state index in [1.165, 1.54) is 13.3 Å². The molecule has 9 heteroatoms. The molecule has 0 fully saturated rings. The van der Waals surface area contributed by atoms with Crippen molar-refractivity contribution in [1.82, 2.24) is 5.43 Å². The molecule has 8 nitrogen and oxygen atoms in total. The first-order valence-corrected chi connectivity index (χ1v) is 10.5. The number of ether oxygens (including phenoxy) is 2. The molecule has 0 aliphatic heterocycles. The highest BCUT2D eigenvalue weighted by atomic mass is 79.9. The van der Waals surface area contributed by atoms with Crippen LogP contribution in [0.4, 0.5) is 5.69 Å². The largest absolute Gasteiger partial charge is 0.497 e. The number of esters is 1. The number of carbonyl (C=O) groups is 3. The molecule has 0 saturated heterocycles. The van der Waals surface area contributed by atoms with Gasteiger partial charge in [0.2, 0.25) is 0 Å². The van der Waals surface area contributed by atoms with Gasteiger partial charge in [-0.05, 0) is 49.4 Å². The summed E-state index contributed by atoms with van der Waals surface area (Å²) in [4.78, 5) is 36.7. The Bertz CT molecular complexity index is 1230. The molecule has 33 heavy (non-hydrogen) atoms. The number of halogens is 1. The van der Waals surface area contributed by atoms with Crippen molar-refractivity contribution in [1.29, 1.82) is 0 Å². The second kappa shape index (κ2) is 11.1. The van der Waals surface area contributed by atoms with Gasteiger partial charge in [-0.25, -0.2) is 10.2 Å². The molecule has 0 bridgehead atoms. The van der Waals surface area contributed by atoms with Gasteiger partial charge in [-0.15, -0.1) is 0 Å². The maximum Gasteiger partial charge on any atom is 0.343 e. The molecule has 0 radical (unpaired) electrons. The molecule has 0 atom stereocenters. The SMILES string of the molecule is COc1cccc(NC(=O)C(=O)N/N=C/c2cc(Br)ccc2OC(=O)c2cccc(C)c2)c1. The number of hydrogen-bond donors (Lipinski definition) is 2. The first-order chi connectivity index (χ1) is 15.9. The van der Waals surface area contributed by atoms with Crippen molar-refractivity contribution in [2.75, 3.05) is 12.4 Å². The Morgan fingerprint density at radius 1 is 0.970 bits per heavy atom. The maximum atomic E-state index is 12.5. The smallest absolute Gasteiger partial charge is 0.343 e. The summed E-state index contributed by atoms with van der Waals surface area (Å²) in [5, 5.41) is 6.26. The third-order valence-corrected chi connectivity index (χ3v) is 4.83. The molecular weight excluding hydrogens is 490 g/mol. The van der Waals surface area contributed by atoms with E-state index in [0.717, 1.165) is 5.56 Å². The minimum absolute atomic E-state index is 0.239. The molecule has 3 rings (SSSR count). The van der Waals surface area contributed by atoms with Gasteiger partial charge < -0.3 is 14.8 Å². The Hall–Kier alpha value is -3.98. The van der Waals surface area contributed by atoms with Crippen LogP contribution in [0.3, 0.4) is 0 Å². The van der Waals surface area contributed by atoms with Gasteiger partial charge in [-0.3, -0.25) is 9.59 Å². The summed E-state index contributed by atoms with van der Waals surface area (Å²) < 4.78 is 11.3. The second-order valence-corrected chi connectivity index (χ2v) is 7.74. The topological polar surface area (TPSA) is 106 Å². The van der Waals surface area contributed by atoms with Gasteiger partial charge in [-0.1, -0.05) is 39.7 Å². The van der Waals surface area contributed by atoms with Gasteiger partial charge in [0.25, 0.3) is 0 Å². The van der Waals surface area contributed by atoms with Gasteiger partial charge >= 0.3 is 17.8 Å². The van der Waals surface area contributed by atoms with Crippen LogP contribution in [0.5, 0.6) is 11.5 Å². The van der Waals surface area contributed by atoms with Crippen molar-refractivity contribution in [3.63, 3.8) is 0 Å². The summed E-state index contributed by atoms with van der Waals surface area (Å²) in [6, 6.07) is 18.6. The molecule has 0 aliphatic carbocycles. The van der Waals surface area contributed by atoms with Crippen LogP contribution >= 0.6 is 15.9 Å². The lowest BCUT2D eigenvalue weighted by Crippen LogP contribution is -2.32. The maximum absolute atomic E-state index is 12.5. The van der Waals surface area contributed by atoms with Crippen LogP contribution < -0.4 is 20.2 Å². The highest BCUT2D eigenvalue weighted by Crippen LogP contribution is 2.23. The molecule has 168 valence electrons. The summed E-state index contributed by atoms with van der Waals surface area (Å²) in [6.07, 6.45) is 1.28. The predicted molar refractivity (Wildman–Crippen MR) is 128 cm³/mol. The summed E-state index contributed by atoms with van der Waals surface area (Å²) >= 11 is 3.35. The van der Waals surface area contributed by atoms with Gasteiger partial charge in [0.05, 0.1) is 18.9 Å². The van der Waals surface area contributed by atoms with Crippen LogP contribution in [0.15, 0.2) is 76.3 Å². The molecule has 0 aromatic heterocycles. The van der Waals surface area contributed by atoms with Crippen LogP contribution in [0, 0.1) is 6.92 Å². The Morgan fingerprint density at radius 3 is 2.52 bits per heavy atom. The van der Waals surface area contributed by atoms with E-state index in [4.69, 9.17) is 9.47 Å². The molecule has 3 aromatic carbocycles. The first kappa shape index (κ1) is 23.7. The third kappa shape index (κ3) is 6.75. The van der Waals surface area contributed by atoms with E-state index in [0.29, 0.717) is 27.0 Å².